The van der Waals surface area contributed by atoms with E-state index in [9.17, 15) is 14.4 Å². The third kappa shape index (κ3) is 8.54. The summed E-state index contributed by atoms with van der Waals surface area (Å²) < 4.78 is 0. The number of nitrogens with zero attached hydrogens (tertiary/aromatic N) is 1. The van der Waals surface area contributed by atoms with Crippen molar-refractivity contribution in [2.75, 3.05) is 18.4 Å². The molecule has 4 aromatic rings. The Balaban J connectivity index is 1.58. The Morgan fingerprint density at radius 1 is 0.738 bits per heavy atom. The minimum absolute atomic E-state index is 0.0549. The van der Waals surface area contributed by atoms with E-state index < -0.39 is 5.97 Å². The quantitative estimate of drug-likeness (QED) is 0.175. The molecule has 4 rings (SSSR count). The first kappa shape index (κ1) is 30.1. The van der Waals surface area contributed by atoms with Crippen LogP contribution in [0.15, 0.2) is 109 Å². The van der Waals surface area contributed by atoms with Gasteiger partial charge in [0.2, 0.25) is 0 Å². The number of carbonyl (C=O) groups is 3. The van der Waals surface area contributed by atoms with Crippen molar-refractivity contribution in [1.82, 2.24) is 10.2 Å². The zero-order valence-electron chi connectivity index (χ0n) is 24.0. The molecular weight excluding hydrogens is 526 g/mol. The predicted octanol–water partition coefficient (Wildman–Crippen LogP) is 6.88. The monoisotopic (exact) mass is 563 g/mol. The Kier molecular flexibility index (Phi) is 10.5. The molecule has 0 heterocycles. The highest BCUT2D eigenvalue weighted by Gasteiger charge is 2.23. The summed E-state index contributed by atoms with van der Waals surface area (Å²) >= 11 is 0. The molecule has 0 aromatic heterocycles. The van der Waals surface area contributed by atoms with E-state index in [1.54, 1.807) is 17.0 Å². The number of anilines is 1. The first-order chi connectivity index (χ1) is 20.3. The average Bonchev–Trinajstić information content (AvgIpc) is 3.00. The fraction of sp³-hybridized carbons (Fsp3) is 0.229. The van der Waals surface area contributed by atoms with Crippen LogP contribution in [0.2, 0.25) is 0 Å². The van der Waals surface area contributed by atoms with Crippen LogP contribution in [0.3, 0.4) is 0 Å². The molecule has 0 unspecified atom stereocenters. The third-order valence-corrected chi connectivity index (χ3v) is 7.14. The Bertz CT molecular complexity index is 1410. The lowest BCUT2D eigenvalue weighted by Crippen LogP contribution is -2.37. The maximum Gasteiger partial charge on any atom is 0.322 e. The normalized spacial score (nSPS) is 10.9. The number of aliphatic carboxylic acids is 1. The number of benzene rings is 4. The molecule has 0 bridgehead atoms. The lowest BCUT2D eigenvalue weighted by Gasteiger charge is -2.29. The molecule has 0 aliphatic carbocycles. The summed E-state index contributed by atoms with van der Waals surface area (Å²) in [6.45, 7) is 5.08. The molecular formula is C35H37N3O4. The molecule has 0 aliphatic heterocycles. The molecule has 0 saturated heterocycles. The number of urea groups is 1. The van der Waals surface area contributed by atoms with Crippen molar-refractivity contribution in [2.45, 2.75) is 38.6 Å². The zero-order valence-corrected chi connectivity index (χ0v) is 24.0. The number of hydrogen-bond acceptors (Lipinski definition) is 3. The van der Waals surface area contributed by atoms with Crippen molar-refractivity contribution in [3.63, 3.8) is 0 Å². The van der Waals surface area contributed by atoms with Crippen LogP contribution in [0, 0.1) is 0 Å². The molecule has 0 radical (unpaired) electrons. The van der Waals surface area contributed by atoms with E-state index in [0.29, 0.717) is 24.6 Å². The van der Waals surface area contributed by atoms with E-state index in [4.69, 9.17) is 5.11 Å². The molecule has 3 N–H and O–H groups in total. The van der Waals surface area contributed by atoms with Crippen LogP contribution in [0.5, 0.6) is 0 Å². The molecule has 0 atom stereocenters. The second-order valence-electron chi connectivity index (χ2n) is 10.6. The van der Waals surface area contributed by atoms with E-state index in [1.807, 2.05) is 72.8 Å². The van der Waals surface area contributed by atoms with Gasteiger partial charge in [0.15, 0.2) is 0 Å². The number of rotatable bonds is 12. The van der Waals surface area contributed by atoms with Crippen LogP contribution in [-0.4, -0.2) is 41.0 Å². The second kappa shape index (κ2) is 14.6. The smallest absolute Gasteiger partial charge is 0.322 e. The SMILES string of the molecule is CC(C)c1ccc(NC(=O)N(Cc2ccc(C(=O)NCCC(=O)O)cc2)CC(c2ccccc2)c2ccccc2)cc1. The van der Waals surface area contributed by atoms with E-state index in [2.05, 4.69) is 48.7 Å². The van der Waals surface area contributed by atoms with Crippen LogP contribution < -0.4 is 10.6 Å². The summed E-state index contributed by atoms with van der Waals surface area (Å²) in [5, 5.41) is 14.5. The highest BCUT2D eigenvalue weighted by molar-refractivity contribution is 5.94. The highest BCUT2D eigenvalue weighted by atomic mass is 16.4. The third-order valence-electron chi connectivity index (χ3n) is 7.14. The summed E-state index contributed by atoms with van der Waals surface area (Å²) in [6.07, 6.45) is -0.141. The lowest BCUT2D eigenvalue weighted by atomic mass is 9.90. The van der Waals surface area contributed by atoms with E-state index in [1.165, 1.54) is 5.56 Å². The van der Waals surface area contributed by atoms with Crippen LogP contribution in [0.1, 0.15) is 64.7 Å². The predicted molar refractivity (Wildman–Crippen MR) is 166 cm³/mol. The topological polar surface area (TPSA) is 98.7 Å². The van der Waals surface area contributed by atoms with Gasteiger partial charge in [-0.2, -0.15) is 0 Å². The summed E-state index contributed by atoms with van der Waals surface area (Å²) in [6, 6.07) is 35.0. The van der Waals surface area contributed by atoms with E-state index in [0.717, 1.165) is 22.4 Å². The van der Waals surface area contributed by atoms with Gasteiger partial charge in [0.05, 0.1) is 6.42 Å². The number of carboxylic acid groups (broad SMARTS) is 1. The Hall–Kier alpha value is -4.91. The molecule has 0 spiro atoms. The van der Waals surface area contributed by atoms with Crippen LogP contribution in [0.25, 0.3) is 0 Å². The van der Waals surface area contributed by atoms with Gasteiger partial charge in [0, 0.05) is 36.8 Å². The Morgan fingerprint density at radius 3 is 1.83 bits per heavy atom. The minimum atomic E-state index is -0.968. The van der Waals surface area contributed by atoms with Crippen molar-refractivity contribution >= 4 is 23.6 Å². The van der Waals surface area contributed by atoms with Gasteiger partial charge in [-0.1, -0.05) is 98.8 Å². The number of carboxylic acids is 1. The zero-order chi connectivity index (χ0) is 29.9. The van der Waals surface area contributed by atoms with Crippen LogP contribution >= 0.6 is 0 Å². The van der Waals surface area contributed by atoms with Crippen molar-refractivity contribution in [3.8, 4) is 0 Å². The van der Waals surface area contributed by atoms with Crippen molar-refractivity contribution in [1.29, 1.82) is 0 Å². The van der Waals surface area contributed by atoms with Gasteiger partial charge in [0.25, 0.3) is 5.91 Å². The van der Waals surface area contributed by atoms with Gasteiger partial charge < -0.3 is 20.6 Å². The molecule has 7 heteroatoms. The summed E-state index contributed by atoms with van der Waals surface area (Å²) in [4.78, 5) is 38.7. The summed E-state index contributed by atoms with van der Waals surface area (Å²) in [5.41, 5.74) is 5.43. The van der Waals surface area contributed by atoms with Crippen molar-refractivity contribution in [3.05, 3.63) is 137 Å². The maximum atomic E-state index is 13.8. The van der Waals surface area contributed by atoms with Crippen LogP contribution in [-0.2, 0) is 11.3 Å². The molecule has 4 aromatic carbocycles. The number of nitrogens with one attached hydrogen (secondary N) is 2. The summed E-state index contributed by atoms with van der Waals surface area (Å²) in [5.74, 6) is -0.966. The molecule has 0 aliphatic rings. The van der Waals surface area contributed by atoms with Gasteiger partial charge in [-0.05, 0) is 52.4 Å². The van der Waals surface area contributed by atoms with Gasteiger partial charge in [-0.25, -0.2) is 4.79 Å². The fourth-order valence-electron chi connectivity index (χ4n) is 4.73. The highest BCUT2D eigenvalue weighted by Crippen LogP contribution is 2.27. The van der Waals surface area contributed by atoms with E-state index in [-0.39, 0.29) is 30.8 Å². The van der Waals surface area contributed by atoms with Gasteiger partial charge in [-0.15, -0.1) is 0 Å². The fourth-order valence-corrected chi connectivity index (χ4v) is 4.73. The molecule has 0 saturated carbocycles. The molecule has 7 nitrogen and oxygen atoms in total. The van der Waals surface area contributed by atoms with Gasteiger partial charge in [0.1, 0.15) is 0 Å². The average molecular weight is 564 g/mol. The second-order valence-corrected chi connectivity index (χ2v) is 10.6. The molecule has 0 fully saturated rings. The maximum absolute atomic E-state index is 13.8. The first-order valence-electron chi connectivity index (χ1n) is 14.1. The lowest BCUT2D eigenvalue weighted by molar-refractivity contribution is -0.136. The first-order valence-corrected chi connectivity index (χ1v) is 14.1. The minimum Gasteiger partial charge on any atom is -0.481 e. The molecule has 216 valence electrons. The number of amides is 3. The Labute approximate surface area is 247 Å². The van der Waals surface area contributed by atoms with Crippen molar-refractivity contribution in [2.24, 2.45) is 0 Å². The van der Waals surface area contributed by atoms with Crippen LogP contribution in [0.4, 0.5) is 10.5 Å². The number of hydrogen-bond donors (Lipinski definition) is 3. The van der Waals surface area contributed by atoms with Gasteiger partial charge >= 0.3 is 12.0 Å². The standard InChI is InChI=1S/C35H37N3O4/c1-25(2)27-17-19-31(20-18-27)37-35(42)38(23-26-13-15-30(16-14-26)34(41)36-22-21-33(39)40)24-32(28-9-5-3-6-10-28)29-11-7-4-8-12-29/h3-20,25,32H,21-24H2,1-2H3,(H,36,41)(H,37,42)(H,39,40). The van der Waals surface area contributed by atoms with E-state index >= 15 is 0 Å². The Morgan fingerprint density at radius 2 is 1.31 bits per heavy atom. The summed E-state index contributed by atoms with van der Waals surface area (Å²) in [7, 11) is 0. The largest absolute Gasteiger partial charge is 0.481 e. The number of carbonyl (C=O) groups excluding carboxylic acids is 2. The molecule has 42 heavy (non-hydrogen) atoms. The van der Waals surface area contributed by atoms with Crippen molar-refractivity contribution < 1.29 is 19.5 Å². The molecule has 3 amide bonds. The van der Waals surface area contributed by atoms with Gasteiger partial charge in [-0.3, -0.25) is 9.59 Å².